The van der Waals surface area contributed by atoms with Gasteiger partial charge in [0.1, 0.15) is 16.7 Å². The van der Waals surface area contributed by atoms with Crippen LogP contribution >= 0.6 is 0 Å². The maximum atomic E-state index is 6.90. The van der Waals surface area contributed by atoms with Gasteiger partial charge >= 0.3 is 0 Å². The molecule has 0 spiro atoms. The average Bonchev–Trinajstić information content (AvgIpc) is 3.99. The van der Waals surface area contributed by atoms with Crippen LogP contribution in [-0.4, -0.2) is 19.5 Å². The third-order valence-electron chi connectivity index (χ3n) is 11.8. The molecule has 0 saturated carbocycles. The van der Waals surface area contributed by atoms with E-state index in [2.05, 4.69) is 138 Å². The standard InChI is InChI=1S/C53H30N4O2/c1-2-15-32(16-3-1)51-54-52(34-27-26-31-14-4-5-17-33(31)30-34)56-53(55-51)37-28-29-42(36-19-7-6-18-35(36)37)57-41-23-11-8-20-38(41)45-46-39-21-9-12-24-43(39)58-49(46)47-40-22-10-13-25-44(40)59-50(47)48(45)57/h1-30H. The van der Waals surface area contributed by atoms with Gasteiger partial charge in [0.25, 0.3) is 0 Å². The molecule has 6 heteroatoms. The molecule has 4 aromatic heterocycles. The van der Waals surface area contributed by atoms with Gasteiger partial charge in [-0.25, -0.2) is 15.0 Å². The maximum absolute atomic E-state index is 6.90. The van der Waals surface area contributed by atoms with Gasteiger partial charge in [0.15, 0.2) is 23.1 Å². The fraction of sp³-hybridized carbons (Fsp3) is 0. The second-order valence-corrected chi connectivity index (χ2v) is 15.1. The first-order valence-electron chi connectivity index (χ1n) is 19.8. The number of rotatable bonds is 4. The second-order valence-electron chi connectivity index (χ2n) is 15.1. The number of aromatic nitrogens is 4. The highest BCUT2D eigenvalue weighted by Gasteiger charge is 2.27. The van der Waals surface area contributed by atoms with Crippen LogP contribution in [0, 0.1) is 0 Å². The number of nitrogens with zero attached hydrogens (tertiary/aromatic N) is 4. The molecule has 0 aliphatic heterocycles. The monoisotopic (exact) mass is 754 g/mol. The largest absolute Gasteiger partial charge is 0.455 e. The summed E-state index contributed by atoms with van der Waals surface area (Å²) in [6, 6.07) is 63.0. The third-order valence-corrected chi connectivity index (χ3v) is 11.8. The Morgan fingerprint density at radius 1 is 0.373 bits per heavy atom. The van der Waals surface area contributed by atoms with Crippen molar-refractivity contribution in [2.75, 3.05) is 0 Å². The quantitative estimate of drug-likeness (QED) is 0.179. The van der Waals surface area contributed by atoms with E-state index in [1.807, 2.05) is 48.5 Å². The minimum absolute atomic E-state index is 0.609. The van der Waals surface area contributed by atoms with Crippen LogP contribution in [0.15, 0.2) is 191 Å². The summed E-state index contributed by atoms with van der Waals surface area (Å²) in [6.45, 7) is 0. The van der Waals surface area contributed by atoms with Gasteiger partial charge in [-0.1, -0.05) is 146 Å². The van der Waals surface area contributed by atoms with E-state index in [-0.39, 0.29) is 0 Å². The van der Waals surface area contributed by atoms with Crippen molar-refractivity contribution in [3.05, 3.63) is 182 Å². The van der Waals surface area contributed by atoms with Crippen LogP contribution in [0.25, 0.3) is 127 Å². The molecule has 0 amide bonds. The van der Waals surface area contributed by atoms with E-state index >= 15 is 0 Å². The molecule has 0 atom stereocenters. The molecule has 0 aliphatic rings. The van der Waals surface area contributed by atoms with Gasteiger partial charge in [0.2, 0.25) is 0 Å². The predicted molar refractivity (Wildman–Crippen MR) is 240 cm³/mol. The van der Waals surface area contributed by atoms with Gasteiger partial charge in [-0.15, -0.1) is 0 Å². The molecule has 0 saturated heterocycles. The lowest BCUT2D eigenvalue weighted by molar-refractivity contribution is 0.664. The molecule has 0 aliphatic carbocycles. The fourth-order valence-corrected chi connectivity index (χ4v) is 9.21. The van der Waals surface area contributed by atoms with Gasteiger partial charge in [0.05, 0.1) is 22.1 Å². The fourth-order valence-electron chi connectivity index (χ4n) is 9.21. The Kier molecular flexibility index (Phi) is 6.63. The number of furan rings is 2. The van der Waals surface area contributed by atoms with Crippen LogP contribution in [0.5, 0.6) is 0 Å². The van der Waals surface area contributed by atoms with Crippen molar-refractivity contribution in [2.24, 2.45) is 0 Å². The van der Waals surface area contributed by atoms with Crippen molar-refractivity contribution >= 4 is 87.2 Å². The molecule has 4 heterocycles. The Morgan fingerprint density at radius 3 is 1.76 bits per heavy atom. The minimum Gasteiger partial charge on any atom is -0.455 e. The molecule has 9 aromatic carbocycles. The molecule has 274 valence electrons. The molecule has 6 nitrogen and oxygen atoms in total. The molecule has 13 rings (SSSR count). The molecule has 0 N–H and O–H groups in total. The van der Waals surface area contributed by atoms with E-state index < -0.39 is 0 Å². The maximum Gasteiger partial charge on any atom is 0.164 e. The Balaban J connectivity index is 1.12. The smallest absolute Gasteiger partial charge is 0.164 e. The van der Waals surface area contributed by atoms with Crippen LogP contribution in [0.1, 0.15) is 0 Å². The Morgan fingerprint density at radius 2 is 0.966 bits per heavy atom. The van der Waals surface area contributed by atoms with Crippen molar-refractivity contribution in [1.29, 1.82) is 0 Å². The van der Waals surface area contributed by atoms with E-state index in [0.29, 0.717) is 17.5 Å². The van der Waals surface area contributed by atoms with Crippen molar-refractivity contribution < 1.29 is 8.83 Å². The van der Waals surface area contributed by atoms with Crippen molar-refractivity contribution in [3.63, 3.8) is 0 Å². The molecule has 59 heavy (non-hydrogen) atoms. The summed E-state index contributed by atoms with van der Waals surface area (Å²) in [5, 5.41) is 10.8. The van der Waals surface area contributed by atoms with Crippen molar-refractivity contribution in [1.82, 2.24) is 19.5 Å². The highest BCUT2D eigenvalue weighted by atomic mass is 16.3. The normalized spacial score (nSPS) is 12.1. The molecule has 0 bridgehead atoms. The zero-order chi connectivity index (χ0) is 38.6. The van der Waals surface area contributed by atoms with Gasteiger partial charge in [0, 0.05) is 49.0 Å². The van der Waals surface area contributed by atoms with Gasteiger partial charge in [-0.3, -0.25) is 0 Å². The van der Waals surface area contributed by atoms with Crippen molar-refractivity contribution in [2.45, 2.75) is 0 Å². The number of hydrogen-bond acceptors (Lipinski definition) is 5. The molecule has 0 radical (unpaired) electrons. The number of benzene rings is 9. The lowest BCUT2D eigenvalue weighted by Gasteiger charge is -2.15. The minimum atomic E-state index is 0.609. The van der Waals surface area contributed by atoms with Crippen LogP contribution in [-0.2, 0) is 0 Å². The van der Waals surface area contributed by atoms with E-state index in [1.165, 1.54) is 5.39 Å². The van der Waals surface area contributed by atoms with Crippen LogP contribution in [0.2, 0.25) is 0 Å². The Bertz CT molecular complexity index is 3860. The van der Waals surface area contributed by atoms with E-state index in [4.69, 9.17) is 23.8 Å². The zero-order valence-corrected chi connectivity index (χ0v) is 31.4. The predicted octanol–water partition coefficient (Wildman–Crippen LogP) is 14.1. The molecular weight excluding hydrogens is 725 g/mol. The second kappa shape index (κ2) is 12.2. The molecule has 13 aromatic rings. The van der Waals surface area contributed by atoms with Gasteiger partial charge in [-0.05, 0) is 52.6 Å². The van der Waals surface area contributed by atoms with Gasteiger partial charge in [-0.2, -0.15) is 0 Å². The summed E-state index contributed by atoms with van der Waals surface area (Å²) < 4.78 is 16.0. The lowest BCUT2D eigenvalue weighted by atomic mass is 10.0. The Hall–Kier alpha value is -8.09. The number of fused-ring (bicyclic) bond motifs is 14. The highest BCUT2D eigenvalue weighted by Crippen LogP contribution is 2.49. The lowest BCUT2D eigenvalue weighted by Crippen LogP contribution is -2.02. The van der Waals surface area contributed by atoms with E-state index in [1.54, 1.807) is 0 Å². The first-order chi connectivity index (χ1) is 29.3. The molecule has 0 unspecified atom stereocenters. The summed E-state index contributed by atoms with van der Waals surface area (Å²) in [6.07, 6.45) is 0. The summed E-state index contributed by atoms with van der Waals surface area (Å²) in [5.74, 6) is 1.86. The third kappa shape index (κ3) is 4.65. The van der Waals surface area contributed by atoms with E-state index in [9.17, 15) is 0 Å². The Labute approximate surface area is 336 Å². The summed E-state index contributed by atoms with van der Waals surface area (Å²) in [7, 11) is 0. The summed E-state index contributed by atoms with van der Waals surface area (Å²) >= 11 is 0. The summed E-state index contributed by atoms with van der Waals surface area (Å²) in [5.41, 5.74) is 9.18. The first-order valence-corrected chi connectivity index (χ1v) is 19.8. The van der Waals surface area contributed by atoms with E-state index in [0.717, 1.165) is 104 Å². The zero-order valence-electron chi connectivity index (χ0n) is 31.4. The SMILES string of the molecule is c1ccc(-c2nc(-c3ccc4ccccc4c3)nc(-c3ccc(-n4c5ccccc5c5c6c7ccccc7oc6c6c7ccccc7oc6c54)c4ccccc34)n2)cc1. The number of hydrogen-bond donors (Lipinski definition) is 0. The summed E-state index contributed by atoms with van der Waals surface area (Å²) in [4.78, 5) is 15.4. The van der Waals surface area contributed by atoms with Gasteiger partial charge < -0.3 is 13.4 Å². The average molecular weight is 755 g/mol. The van der Waals surface area contributed by atoms with Crippen molar-refractivity contribution in [3.8, 4) is 39.9 Å². The topological polar surface area (TPSA) is 69.9 Å². The molecular formula is C53H30N4O2. The van der Waals surface area contributed by atoms with Crippen LogP contribution < -0.4 is 0 Å². The molecule has 0 fully saturated rings. The highest BCUT2D eigenvalue weighted by molar-refractivity contribution is 6.38. The van der Waals surface area contributed by atoms with Crippen LogP contribution in [0.4, 0.5) is 0 Å². The number of para-hydroxylation sites is 3. The first kappa shape index (κ1) is 32.0. The van der Waals surface area contributed by atoms with Crippen LogP contribution in [0.3, 0.4) is 0 Å².